The maximum absolute atomic E-state index is 2.63. The second-order valence-corrected chi connectivity index (χ2v) is 16.4. The number of alkyl halides is 1. The molecular formula is C56H47IN2. The molecule has 0 N–H and O–H groups in total. The highest BCUT2D eigenvalue weighted by Gasteiger charge is 2.27. The number of benzene rings is 9. The Labute approximate surface area is 362 Å². The van der Waals surface area contributed by atoms with Gasteiger partial charge in [-0.25, -0.2) is 0 Å². The van der Waals surface area contributed by atoms with Crippen LogP contribution >= 0.6 is 22.6 Å². The monoisotopic (exact) mass is 874 g/mol. The molecule has 0 aliphatic rings. The molecular weight excluding hydrogens is 828 g/mol. The van der Waals surface area contributed by atoms with Gasteiger partial charge < -0.3 is 9.80 Å². The average Bonchev–Trinajstić information content (AvgIpc) is 3.31. The minimum Gasteiger partial charge on any atom is -0.363 e. The summed E-state index contributed by atoms with van der Waals surface area (Å²) in [5.74, 6) is 0. The summed E-state index contributed by atoms with van der Waals surface area (Å²) in [5.41, 5.74) is 12.6. The summed E-state index contributed by atoms with van der Waals surface area (Å²) < 4.78 is 0.154. The minimum absolute atomic E-state index is 0.154. The lowest BCUT2D eigenvalue weighted by atomic mass is 9.86. The van der Waals surface area contributed by atoms with E-state index in [1.807, 2.05) is 0 Å². The van der Waals surface area contributed by atoms with Gasteiger partial charge in [-0.15, -0.1) is 0 Å². The SMILES string of the molecule is CCC(c1ccccc1)N(c1ccc(-c2c3ccccc3c(-c3ccc(N(Cc4ccccc4)Cc4ccccc4)cc3)c3ccccc23)cc1)C(I)c1ccccc1. The van der Waals surface area contributed by atoms with Crippen molar-refractivity contribution < 1.29 is 0 Å². The Hall–Kier alpha value is -6.17. The van der Waals surface area contributed by atoms with Crippen molar-refractivity contribution in [3.8, 4) is 22.3 Å². The van der Waals surface area contributed by atoms with Crippen LogP contribution in [0.25, 0.3) is 43.8 Å². The lowest BCUT2D eigenvalue weighted by Gasteiger charge is -2.38. The van der Waals surface area contributed by atoms with Gasteiger partial charge in [0.2, 0.25) is 0 Å². The molecule has 0 aromatic heterocycles. The Bertz CT molecular complexity index is 2650. The summed E-state index contributed by atoms with van der Waals surface area (Å²) in [6, 6.07) is 80.1. The first-order valence-electron chi connectivity index (χ1n) is 20.7. The van der Waals surface area contributed by atoms with E-state index in [-0.39, 0.29) is 10.1 Å². The highest BCUT2D eigenvalue weighted by Crippen LogP contribution is 2.46. The number of halogens is 1. The third-order valence-electron chi connectivity index (χ3n) is 11.6. The predicted octanol–water partition coefficient (Wildman–Crippen LogP) is 15.6. The summed E-state index contributed by atoms with van der Waals surface area (Å²) in [7, 11) is 0. The Morgan fingerprint density at radius 3 is 1.15 bits per heavy atom. The van der Waals surface area contributed by atoms with E-state index in [1.54, 1.807) is 0 Å². The molecule has 0 fully saturated rings. The van der Waals surface area contributed by atoms with Crippen LogP contribution in [0.5, 0.6) is 0 Å². The molecule has 9 aromatic carbocycles. The lowest BCUT2D eigenvalue weighted by Crippen LogP contribution is -2.29. The van der Waals surface area contributed by atoms with Crippen LogP contribution in [0.15, 0.2) is 218 Å². The van der Waals surface area contributed by atoms with Crippen LogP contribution in [0.2, 0.25) is 0 Å². The van der Waals surface area contributed by atoms with E-state index in [4.69, 9.17) is 0 Å². The third-order valence-corrected chi connectivity index (χ3v) is 12.9. The molecule has 0 saturated heterocycles. The van der Waals surface area contributed by atoms with Crippen LogP contribution in [0.4, 0.5) is 11.4 Å². The van der Waals surface area contributed by atoms with E-state index in [9.17, 15) is 0 Å². The summed E-state index contributed by atoms with van der Waals surface area (Å²) in [4.78, 5) is 5.07. The van der Waals surface area contributed by atoms with Gasteiger partial charge in [0, 0.05) is 24.5 Å². The smallest absolute Gasteiger partial charge is 0.107 e. The topological polar surface area (TPSA) is 6.48 Å². The third kappa shape index (κ3) is 8.13. The molecule has 0 spiro atoms. The Morgan fingerprint density at radius 2 is 0.746 bits per heavy atom. The maximum atomic E-state index is 2.63. The van der Waals surface area contributed by atoms with Gasteiger partial charge in [-0.1, -0.05) is 224 Å². The van der Waals surface area contributed by atoms with E-state index in [0.29, 0.717) is 0 Å². The van der Waals surface area contributed by atoms with E-state index in [1.165, 1.54) is 77.4 Å². The number of hydrogen-bond acceptors (Lipinski definition) is 2. The standard InChI is InChI=1S/C56H47IN2/c1-2-53(43-23-11-5-12-24-43)59(56(57)46-25-13-6-14-26-46)48-37-33-45(34-38-48)55-51-29-17-15-27-49(51)54(50-28-16-18-30-52(50)55)44-31-35-47(36-32-44)58(39-41-19-7-3-8-20-41)40-42-21-9-4-10-22-42/h3-38,53,56H,2,39-40H2,1H3. The first kappa shape index (κ1) is 38.4. The first-order valence-corrected chi connectivity index (χ1v) is 21.9. The van der Waals surface area contributed by atoms with Gasteiger partial charge in [0.05, 0.1) is 6.04 Å². The zero-order valence-electron chi connectivity index (χ0n) is 33.3. The zero-order valence-corrected chi connectivity index (χ0v) is 35.5. The summed E-state index contributed by atoms with van der Waals surface area (Å²) in [6.07, 6.45) is 0.994. The predicted molar refractivity (Wildman–Crippen MR) is 260 cm³/mol. The molecule has 0 aliphatic heterocycles. The van der Waals surface area contributed by atoms with Crippen molar-refractivity contribution >= 4 is 55.5 Å². The highest BCUT2D eigenvalue weighted by atomic mass is 127. The zero-order chi connectivity index (χ0) is 40.0. The second-order valence-electron chi connectivity index (χ2n) is 15.3. The van der Waals surface area contributed by atoms with Gasteiger partial charge in [-0.2, -0.15) is 0 Å². The summed E-state index contributed by atoms with van der Waals surface area (Å²) >= 11 is 2.63. The van der Waals surface area contributed by atoms with E-state index in [0.717, 1.165) is 19.5 Å². The van der Waals surface area contributed by atoms with E-state index >= 15 is 0 Å². The number of anilines is 2. The van der Waals surface area contributed by atoms with Gasteiger partial charge in [-0.3, -0.25) is 0 Å². The molecule has 9 rings (SSSR count). The van der Waals surface area contributed by atoms with Crippen LogP contribution in [0.1, 0.15) is 45.7 Å². The van der Waals surface area contributed by atoms with Crippen LogP contribution in [-0.4, -0.2) is 0 Å². The first-order chi connectivity index (χ1) is 29.2. The van der Waals surface area contributed by atoms with E-state index in [2.05, 4.69) is 258 Å². The van der Waals surface area contributed by atoms with E-state index < -0.39 is 0 Å². The van der Waals surface area contributed by atoms with Crippen molar-refractivity contribution in [2.45, 2.75) is 36.5 Å². The summed E-state index contributed by atoms with van der Waals surface area (Å²) in [6.45, 7) is 3.97. The molecule has 9 aromatic rings. The molecule has 0 bridgehead atoms. The van der Waals surface area contributed by atoms with Crippen molar-refractivity contribution in [1.82, 2.24) is 0 Å². The summed E-state index contributed by atoms with van der Waals surface area (Å²) in [5, 5.41) is 5.04. The minimum atomic E-state index is 0.154. The molecule has 3 heteroatoms. The van der Waals surface area contributed by atoms with Crippen molar-refractivity contribution in [2.75, 3.05) is 9.80 Å². The van der Waals surface area contributed by atoms with Crippen molar-refractivity contribution in [3.05, 3.63) is 241 Å². The van der Waals surface area contributed by atoms with Crippen molar-refractivity contribution in [3.63, 3.8) is 0 Å². The molecule has 2 unspecified atom stereocenters. The van der Waals surface area contributed by atoms with Gasteiger partial charge in [0.1, 0.15) is 4.05 Å². The van der Waals surface area contributed by atoms with Gasteiger partial charge in [0.25, 0.3) is 0 Å². The molecule has 0 heterocycles. The molecule has 2 atom stereocenters. The number of fused-ring (bicyclic) bond motifs is 2. The molecule has 59 heavy (non-hydrogen) atoms. The largest absolute Gasteiger partial charge is 0.363 e. The fraction of sp³-hybridized carbons (Fsp3) is 0.107. The Morgan fingerprint density at radius 1 is 0.390 bits per heavy atom. The quantitative estimate of drug-likeness (QED) is 0.0493. The van der Waals surface area contributed by atoms with Gasteiger partial charge in [0.15, 0.2) is 0 Å². The normalized spacial score (nSPS) is 12.3. The van der Waals surface area contributed by atoms with Crippen molar-refractivity contribution in [2.24, 2.45) is 0 Å². The number of rotatable bonds is 13. The fourth-order valence-corrected chi connectivity index (χ4v) is 9.87. The maximum Gasteiger partial charge on any atom is 0.107 e. The average molecular weight is 875 g/mol. The molecule has 0 radical (unpaired) electrons. The lowest BCUT2D eigenvalue weighted by molar-refractivity contribution is 0.602. The molecule has 2 nitrogen and oxygen atoms in total. The fourth-order valence-electron chi connectivity index (χ4n) is 8.75. The second kappa shape index (κ2) is 17.8. The van der Waals surface area contributed by atoms with Crippen LogP contribution in [0, 0.1) is 0 Å². The van der Waals surface area contributed by atoms with Crippen LogP contribution in [0.3, 0.4) is 0 Å². The Kier molecular flexibility index (Phi) is 11.5. The van der Waals surface area contributed by atoms with Crippen LogP contribution < -0.4 is 9.80 Å². The van der Waals surface area contributed by atoms with Crippen molar-refractivity contribution in [1.29, 1.82) is 0 Å². The molecule has 0 amide bonds. The highest BCUT2D eigenvalue weighted by molar-refractivity contribution is 14.1. The molecule has 0 aliphatic carbocycles. The van der Waals surface area contributed by atoms with Gasteiger partial charge >= 0.3 is 0 Å². The molecule has 0 saturated carbocycles. The number of nitrogens with zero attached hydrogens (tertiary/aromatic N) is 2. The number of hydrogen-bond donors (Lipinski definition) is 0. The molecule has 288 valence electrons. The van der Waals surface area contributed by atoms with Gasteiger partial charge in [-0.05, 0) is 96.7 Å². The Balaban J connectivity index is 1.11. The van der Waals surface area contributed by atoms with Crippen LogP contribution in [-0.2, 0) is 13.1 Å².